The first-order valence-corrected chi connectivity index (χ1v) is 14.6. The first-order chi connectivity index (χ1) is 21.8. The van der Waals surface area contributed by atoms with Crippen LogP contribution in [0.5, 0.6) is 0 Å². The van der Waals surface area contributed by atoms with Crippen molar-refractivity contribution in [2.45, 2.75) is 0 Å². The van der Waals surface area contributed by atoms with E-state index in [9.17, 15) is 0 Å². The number of pyridine rings is 4. The highest BCUT2D eigenvalue weighted by Crippen LogP contribution is 2.35. The molecule has 0 aliphatic rings. The molecule has 0 saturated heterocycles. The fraction of sp³-hybridized carbons (Fsp3) is 0. The predicted molar refractivity (Wildman–Crippen MR) is 180 cm³/mol. The van der Waals surface area contributed by atoms with Gasteiger partial charge >= 0.3 is 0 Å². The van der Waals surface area contributed by atoms with Crippen LogP contribution in [-0.4, -0.2) is 19.9 Å². The highest BCUT2D eigenvalue weighted by molar-refractivity contribution is 6.10. The van der Waals surface area contributed by atoms with Crippen LogP contribution >= 0.6 is 0 Å². The lowest BCUT2D eigenvalue weighted by Crippen LogP contribution is -1.91. The summed E-state index contributed by atoms with van der Waals surface area (Å²) >= 11 is 0. The first kappa shape index (κ1) is 25.7. The van der Waals surface area contributed by atoms with E-state index in [0.29, 0.717) is 0 Å². The maximum absolute atomic E-state index is 4.97. The van der Waals surface area contributed by atoms with Crippen LogP contribution in [0.25, 0.3) is 77.6 Å². The molecule has 44 heavy (non-hydrogen) atoms. The predicted octanol–water partition coefficient (Wildman–Crippen LogP) is 9.91. The van der Waals surface area contributed by atoms with Gasteiger partial charge in [0.2, 0.25) is 0 Å². The minimum absolute atomic E-state index is 0.911. The molecule has 4 aromatic heterocycles. The number of hydrogen-bond acceptors (Lipinski definition) is 4. The Morgan fingerprint density at radius 3 is 1.55 bits per heavy atom. The molecule has 0 aliphatic carbocycles. The third kappa shape index (κ3) is 4.79. The van der Waals surface area contributed by atoms with Crippen molar-refractivity contribution in [3.63, 3.8) is 0 Å². The average Bonchev–Trinajstić information content (AvgIpc) is 3.12. The number of rotatable bonds is 5. The fourth-order valence-corrected chi connectivity index (χ4v) is 5.89. The van der Waals surface area contributed by atoms with Crippen LogP contribution in [-0.2, 0) is 0 Å². The number of nitrogens with zero attached hydrogens (tertiary/aromatic N) is 4. The van der Waals surface area contributed by atoms with Gasteiger partial charge in [-0.05, 0) is 81.2 Å². The largest absolute Gasteiger partial charge is 0.265 e. The summed E-state index contributed by atoms with van der Waals surface area (Å²) in [6.07, 6.45) is 9.07. The number of benzene rings is 4. The smallest absolute Gasteiger partial charge is 0.0780 e. The number of aromatic nitrogens is 4. The molecular weight excluding hydrogens is 536 g/mol. The Morgan fingerprint density at radius 1 is 0.364 bits per heavy atom. The SMILES string of the molecule is c1cnc2c(c1)ccc1c(-c3ccc(-c4ccc(-c5cc(-c6ccncc6)nc(-c6ccncc6)c5)cc4)cc3)cccc12. The minimum atomic E-state index is 0.911. The van der Waals surface area contributed by atoms with Gasteiger partial charge in [-0.25, -0.2) is 4.98 Å². The van der Waals surface area contributed by atoms with Crippen LogP contribution < -0.4 is 0 Å². The van der Waals surface area contributed by atoms with E-state index in [1.165, 1.54) is 33.0 Å². The zero-order valence-electron chi connectivity index (χ0n) is 23.8. The van der Waals surface area contributed by atoms with Crippen molar-refractivity contribution in [3.8, 4) is 55.9 Å². The van der Waals surface area contributed by atoms with Crippen molar-refractivity contribution in [1.29, 1.82) is 0 Å². The van der Waals surface area contributed by atoms with Crippen molar-refractivity contribution in [3.05, 3.63) is 158 Å². The van der Waals surface area contributed by atoms with E-state index in [1.54, 1.807) is 24.8 Å². The highest BCUT2D eigenvalue weighted by Gasteiger charge is 2.11. The molecule has 0 atom stereocenters. The topological polar surface area (TPSA) is 51.6 Å². The molecule has 0 saturated carbocycles. The van der Waals surface area contributed by atoms with Crippen LogP contribution in [0.3, 0.4) is 0 Å². The van der Waals surface area contributed by atoms with Crippen LogP contribution in [0, 0.1) is 0 Å². The summed E-state index contributed by atoms with van der Waals surface area (Å²) in [5, 5.41) is 3.55. The molecule has 0 N–H and O–H groups in total. The van der Waals surface area contributed by atoms with Gasteiger partial charge in [0, 0.05) is 52.9 Å². The second-order valence-electron chi connectivity index (χ2n) is 10.8. The van der Waals surface area contributed by atoms with Gasteiger partial charge in [0.25, 0.3) is 0 Å². The summed E-state index contributed by atoms with van der Waals surface area (Å²) in [5.41, 5.74) is 11.9. The normalized spacial score (nSPS) is 11.2. The molecule has 0 aliphatic heterocycles. The number of fused-ring (bicyclic) bond motifs is 3. The number of hydrogen-bond donors (Lipinski definition) is 0. The molecular formula is C40H26N4. The van der Waals surface area contributed by atoms with Gasteiger partial charge < -0.3 is 0 Å². The molecule has 0 fully saturated rings. The summed E-state index contributed by atoms with van der Waals surface area (Å²) in [4.78, 5) is 18.0. The lowest BCUT2D eigenvalue weighted by Gasteiger charge is -2.12. The molecule has 0 radical (unpaired) electrons. The summed E-state index contributed by atoms with van der Waals surface area (Å²) in [6, 6.07) is 44.8. The third-order valence-electron chi connectivity index (χ3n) is 8.15. The van der Waals surface area contributed by atoms with Crippen LogP contribution in [0.15, 0.2) is 158 Å². The molecule has 4 heteroatoms. The summed E-state index contributed by atoms with van der Waals surface area (Å²) in [7, 11) is 0. The molecule has 8 aromatic rings. The Balaban J connectivity index is 1.12. The molecule has 4 heterocycles. The van der Waals surface area contributed by atoms with Crippen LogP contribution in [0.2, 0.25) is 0 Å². The van der Waals surface area contributed by atoms with E-state index in [0.717, 1.165) is 44.5 Å². The zero-order chi connectivity index (χ0) is 29.3. The lowest BCUT2D eigenvalue weighted by atomic mass is 9.94. The van der Waals surface area contributed by atoms with Crippen molar-refractivity contribution in [2.75, 3.05) is 0 Å². The average molecular weight is 563 g/mol. The quantitative estimate of drug-likeness (QED) is 0.196. The van der Waals surface area contributed by atoms with Gasteiger partial charge in [-0.2, -0.15) is 0 Å². The minimum Gasteiger partial charge on any atom is -0.265 e. The fourth-order valence-electron chi connectivity index (χ4n) is 5.89. The van der Waals surface area contributed by atoms with Crippen LogP contribution in [0.1, 0.15) is 0 Å². The molecule has 4 nitrogen and oxygen atoms in total. The van der Waals surface area contributed by atoms with Crippen molar-refractivity contribution >= 4 is 21.7 Å². The highest BCUT2D eigenvalue weighted by atomic mass is 14.7. The molecule has 0 amide bonds. The summed E-state index contributed by atoms with van der Waals surface area (Å²) in [6.45, 7) is 0. The molecule has 0 spiro atoms. The van der Waals surface area contributed by atoms with E-state index >= 15 is 0 Å². The van der Waals surface area contributed by atoms with E-state index < -0.39 is 0 Å². The van der Waals surface area contributed by atoms with E-state index in [2.05, 4.69) is 112 Å². The maximum Gasteiger partial charge on any atom is 0.0780 e. The Morgan fingerprint density at radius 2 is 0.932 bits per heavy atom. The standard InChI is InChI=1S/C40H26N4/c1-4-35(36-15-14-33-3-2-20-43-40(33)37(36)5-1)30-12-10-28(11-13-30)27-6-8-29(9-7-27)34-25-38(31-16-21-41-22-17-31)44-39(26-34)32-18-23-42-24-19-32/h1-26H. The van der Waals surface area contributed by atoms with Crippen molar-refractivity contribution < 1.29 is 0 Å². The van der Waals surface area contributed by atoms with Crippen molar-refractivity contribution in [1.82, 2.24) is 19.9 Å². The molecule has 4 aromatic carbocycles. The Hall–Kier alpha value is -6.00. The second kappa shape index (κ2) is 11.0. The van der Waals surface area contributed by atoms with E-state index in [4.69, 9.17) is 4.98 Å². The summed E-state index contributed by atoms with van der Waals surface area (Å²) < 4.78 is 0. The molecule has 0 bridgehead atoms. The molecule has 0 unspecified atom stereocenters. The second-order valence-corrected chi connectivity index (χ2v) is 10.8. The maximum atomic E-state index is 4.97. The first-order valence-electron chi connectivity index (χ1n) is 14.6. The Kier molecular flexibility index (Phi) is 6.43. The Bertz CT molecular complexity index is 2190. The molecule has 8 rings (SSSR count). The van der Waals surface area contributed by atoms with Gasteiger partial charge in [-0.15, -0.1) is 0 Å². The third-order valence-corrected chi connectivity index (χ3v) is 8.15. The van der Waals surface area contributed by atoms with Gasteiger partial charge in [-0.1, -0.05) is 84.9 Å². The van der Waals surface area contributed by atoms with E-state index in [1.807, 2.05) is 36.5 Å². The zero-order valence-corrected chi connectivity index (χ0v) is 23.8. The lowest BCUT2D eigenvalue weighted by molar-refractivity contribution is 1.27. The molecule has 206 valence electrons. The van der Waals surface area contributed by atoms with Gasteiger partial charge in [0.05, 0.1) is 16.9 Å². The van der Waals surface area contributed by atoms with Gasteiger partial charge in [0.15, 0.2) is 0 Å². The Labute approximate surface area is 255 Å². The van der Waals surface area contributed by atoms with Crippen molar-refractivity contribution in [2.24, 2.45) is 0 Å². The summed E-state index contributed by atoms with van der Waals surface area (Å²) in [5.74, 6) is 0. The van der Waals surface area contributed by atoms with Gasteiger partial charge in [-0.3, -0.25) is 15.0 Å². The van der Waals surface area contributed by atoms with Gasteiger partial charge in [0.1, 0.15) is 0 Å². The van der Waals surface area contributed by atoms with Crippen LogP contribution in [0.4, 0.5) is 0 Å². The monoisotopic (exact) mass is 562 g/mol. The van der Waals surface area contributed by atoms with E-state index in [-0.39, 0.29) is 0 Å².